The number of hydrogen-bond acceptors (Lipinski definition) is 4. The van der Waals surface area contributed by atoms with Crippen molar-refractivity contribution in [2.45, 2.75) is 20.3 Å². The van der Waals surface area contributed by atoms with E-state index in [0.717, 1.165) is 39.3 Å². The first kappa shape index (κ1) is 16.7. The summed E-state index contributed by atoms with van der Waals surface area (Å²) in [5, 5.41) is 14.2. The van der Waals surface area contributed by atoms with Gasteiger partial charge in [0.25, 0.3) is 0 Å². The topological polar surface area (TPSA) is 90.9 Å². The molecular weight excluding hydrogens is 262 g/mol. The van der Waals surface area contributed by atoms with Crippen LogP contribution in [0.3, 0.4) is 0 Å². The molecule has 1 saturated heterocycles. The minimum Gasteiger partial charge on any atom is -0.481 e. The largest absolute Gasteiger partial charge is 0.481 e. The van der Waals surface area contributed by atoms with Gasteiger partial charge in [0.2, 0.25) is 0 Å². The van der Waals surface area contributed by atoms with Gasteiger partial charge >= 0.3 is 12.0 Å². The molecule has 0 spiro atoms. The van der Waals surface area contributed by atoms with Gasteiger partial charge in [-0.1, -0.05) is 0 Å². The molecule has 7 nitrogen and oxygen atoms in total. The smallest absolute Gasteiger partial charge is 0.314 e. The van der Waals surface area contributed by atoms with Crippen LogP contribution in [0, 0.1) is 5.41 Å². The highest BCUT2D eigenvalue weighted by molar-refractivity contribution is 5.77. The second-order valence-electron chi connectivity index (χ2n) is 5.61. The number of nitrogens with one attached hydrogen (secondary N) is 2. The Bertz CT molecular complexity index is 328. The Morgan fingerprint density at radius 2 is 1.90 bits per heavy atom. The van der Waals surface area contributed by atoms with Crippen molar-refractivity contribution in [1.82, 2.24) is 15.5 Å². The van der Waals surface area contributed by atoms with Crippen LogP contribution in [0.2, 0.25) is 0 Å². The molecule has 1 heterocycles. The second kappa shape index (κ2) is 8.06. The molecule has 2 amide bonds. The van der Waals surface area contributed by atoms with Crippen LogP contribution in [0.1, 0.15) is 20.3 Å². The molecule has 0 bridgehead atoms. The molecule has 1 aliphatic heterocycles. The fraction of sp³-hybridized carbons (Fsp3) is 0.846. The van der Waals surface area contributed by atoms with Gasteiger partial charge in [-0.2, -0.15) is 0 Å². The van der Waals surface area contributed by atoms with Gasteiger partial charge in [-0.3, -0.25) is 9.69 Å². The Morgan fingerprint density at radius 1 is 1.25 bits per heavy atom. The number of hydrogen-bond donors (Lipinski definition) is 3. The normalized spacial score (nSPS) is 16.7. The first-order chi connectivity index (χ1) is 9.42. The van der Waals surface area contributed by atoms with E-state index >= 15 is 0 Å². The number of ether oxygens (including phenoxy) is 1. The lowest BCUT2D eigenvalue weighted by molar-refractivity contribution is -0.146. The summed E-state index contributed by atoms with van der Waals surface area (Å²) in [6.45, 7) is 8.22. The Kier molecular flexibility index (Phi) is 6.74. The van der Waals surface area contributed by atoms with Gasteiger partial charge in [-0.25, -0.2) is 4.79 Å². The number of carboxylic acid groups (broad SMARTS) is 1. The summed E-state index contributed by atoms with van der Waals surface area (Å²) in [7, 11) is 0. The molecular formula is C13H25N3O4. The molecule has 3 N–H and O–H groups in total. The second-order valence-corrected chi connectivity index (χ2v) is 5.61. The summed E-state index contributed by atoms with van der Waals surface area (Å²) in [4.78, 5) is 24.7. The molecule has 0 saturated carbocycles. The van der Waals surface area contributed by atoms with E-state index in [9.17, 15) is 9.59 Å². The Balaban J connectivity index is 2.06. The molecule has 0 atom stereocenters. The van der Waals surface area contributed by atoms with Crippen LogP contribution in [0.15, 0.2) is 0 Å². The molecule has 0 aromatic rings. The zero-order valence-corrected chi connectivity index (χ0v) is 12.3. The summed E-state index contributed by atoms with van der Waals surface area (Å²) in [5.41, 5.74) is -0.953. The molecule has 1 rings (SSSR count). The Hall–Kier alpha value is -1.34. The van der Waals surface area contributed by atoms with Crippen molar-refractivity contribution in [2.24, 2.45) is 5.41 Å². The Morgan fingerprint density at radius 3 is 2.50 bits per heavy atom. The van der Waals surface area contributed by atoms with Crippen LogP contribution in [-0.2, 0) is 9.53 Å². The number of carbonyl (C=O) groups excluding carboxylic acids is 1. The molecule has 0 aromatic heterocycles. The van der Waals surface area contributed by atoms with Crippen LogP contribution in [0.4, 0.5) is 4.79 Å². The van der Waals surface area contributed by atoms with E-state index in [4.69, 9.17) is 9.84 Å². The van der Waals surface area contributed by atoms with E-state index in [1.807, 2.05) is 0 Å². The van der Waals surface area contributed by atoms with E-state index in [-0.39, 0.29) is 12.6 Å². The third kappa shape index (κ3) is 6.21. The maximum Gasteiger partial charge on any atom is 0.314 e. The zero-order chi connectivity index (χ0) is 15.0. The van der Waals surface area contributed by atoms with Crippen LogP contribution in [-0.4, -0.2) is 67.9 Å². The number of rotatable bonds is 7. The van der Waals surface area contributed by atoms with Crippen LogP contribution >= 0.6 is 0 Å². The summed E-state index contributed by atoms with van der Waals surface area (Å²) in [6, 6.07) is -0.318. The first-order valence-corrected chi connectivity index (χ1v) is 6.97. The fourth-order valence-corrected chi connectivity index (χ4v) is 1.77. The van der Waals surface area contributed by atoms with Gasteiger partial charge in [0.05, 0.1) is 18.6 Å². The average molecular weight is 287 g/mol. The third-order valence-electron chi connectivity index (χ3n) is 3.31. The number of urea groups is 1. The minimum absolute atomic E-state index is 0.109. The van der Waals surface area contributed by atoms with E-state index in [1.165, 1.54) is 0 Å². The summed E-state index contributed by atoms with van der Waals surface area (Å²) < 4.78 is 5.26. The number of aliphatic carboxylic acids is 1. The average Bonchev–Trinajstić information content (AvgIpc) is 2.42. The lowest BCUT2D eigenvalue weighted by Gasteiger charge is -2.26. The van der Waals surface area contributed by atoms with Crippen molar-refractivity contribution in [3.8, 4) is 0 Å². The molecule has 1 aliphatic rings. The number of amides is 2. The number of carbonyl (C=O) groups is 2. The molecule has 7 heteroatoms. The predicted octanol–water partition coefficient (Wildman–Crippen LogP) is 0.119. The number of carboxylic acids is 1. The van der Waals surface area contributed by atoms with Crippen LogP contribution < -0.4 is 10.6 Å². The maximum atomic E-state index is 11.5. The fourth-order valence-electron chi connectivity index (χ4n) is 1.77. The molecule has 0 unspecified atom stereocenters. The maximum absolute atomic E-state index is 11.5. The lowest BCUT2D eigenvalue weighted by atomic mass is 9.94. The molecule has 20 heavy (non-hydrogen) atoms. The lowest BCUT2D eigenvalue weighted by Crippen LogP contribution is -2.44. The molecule has 1 fully saturated rings. The number of nitrogens with zero attached hydrogens (tertiary/aromatic N) is 1. The first-order valence-electron chi connectivity index (χ1n) is 6.97. The highest BCUT2D eigenvalue weighted by Crippen LogP contribution is 2.12. The van der Waals surface area contributed by atoms with Crippen LogP contribution in [0.25, 0.3) is 0 Å². The summed E-state index contributed by atoms with van der Waals surface area (Å²) in [6.07, 6.45) is 0.871. The van der Waals surface area contributed by atoms with Gasteiger partial charge < -0.3 is 20.5 Å². The van der Waals surface area contributed by atoms with Crippen molar-refractivity contribution in [3.63, 3.8) is 0 Å². The van der Waals surface area contributed by atoms with E-state index in [0.29, 0.717) is 6.54 Å². The highest BCUT2D eigenvalue weighted by atomic mass is 16.5. The zero-order valence-electron chi connectivity index (χ0n) is 12.3. The highest BCUT2D eigenvalue weighted by Gasteiger charge is 2.27. The monoisotopic (exact) mass is 287 g/mol. The summed E-state index contributed by atoms with van der Waals surface area (Å²) in [5.74, 6) is -0.926. The van der Waals surface area contributed by atoms with E-state index in [2.05, 4.69) is 15.5 Å². The van der Waals surface area contributed by atoms with Crippen molar-refractivity contribution in [2.75, 3.05) is 45.9 Å². The molecule has 0 aliphatic carbocycles. The van der Waals surface area contributed by atoms with Gasteiger partial charge in [0.1, 0.15) is 0 Å². The molecule has 0 aromatic carbocycles. The standard InChI is InChI=1S/C13H25N3O4/c1-13(2,11(17)18)10-15-12(19)14-4-3-5-16-6-8-20-9-7-16/h3-10H2,1-2H3,(H,17,18)(H2,14,15,19). The third-order valence-corrected chi connectivity index (χ3v) is 3.31. The SMILES string of the molecule is CC(C)(CNC(=O)NCCCN1CCOCC1)C(=O)O. The molecule has 0 radical (unpaired) electrons. The van der Waals surface area contributed by atoms with Gasteiger partial charge in [0.15, 0.2) is 0 Å². The number of morpholine rings is 1. The van der Waals surface area contributed by atoms with Crippen LogP contribution in [0.5, 0.6) is 0 Å². The van der Waals surface area contributed by atoms with Gasteiger partial charge in [-0.05, 0) is 26.8 Å². The molecule has 116 valence electrons. The Labute approximate surface area is 119 Å². The van der Waals surface area contributed by atoms with Gasteiger partial charge in [-0.15, -0.1) is 0 Å². The van der Waals surface area contributed by atoms with Crippen molar-refractivity contribution in [3.05, 3.63) is 0 Å². The minimum atomic E-state index is -0.953. The van der Waals surface area contributed by atoms with Crippen molar-refractivity contribution < 1.29 is 19.4 Å². The van der Waals surface area contributed by atoms with Crippen molar-refractivity contribution in [1.29, 1.82) is 0 Å². The van der Waals surface area contributed by atoms with Crippen molar-refractivity contribution >= 4 is 12.0 Å². The summed E-state index contributed by atoms with van der Waals surface area (Å²) >= 11 is 0. The van der Waals surface area contributed by atoms with Gasteiger partial charge in [0, 0.05) is 26.2 Å². The van der Waals surface area contributed by atoms with E-state index < -0.39 is 11.4 Å². The predicted molar refractivity (Wildman–Crippen MR) is 74.7 cm³/mol. The van der Waals surface area contributed by atoms with E-state index in [1.54, 1.807) is 13.8 Å². The quantitative estimate of drug-likeness (QED) is 0.579.